The lowest BCUT2D eigenvalue weighted by atomic mass is 10.1. The van der Waals surface area contributed by atoms with Crippen molar-refractivity contribution in [3.05, 3.63) is 71.8 Å². The lowest BCUT2D eigenvalue weighted by Crippen LogP contribution is -2.42. The second-order valence-electron chi connectivity index (χ2n) is 6.38. The molecule has 0 aliphatic rings. The number of Topliss-reactive ketones (excluding diaryl/α,β-unsaturated/α-hetero) is 1. The van der Waals surface area contributed by atoms with Crippen LogP contribution in [0.15, 0.2) is 54.7 Å². The number of ether oxygens (including phenoxy) is 1. The number of carbonyl (C=O) groups is 2. The predicted molar refractivity (Wildman–Crippen MR) is 104 cm³/mol. The molecule has 0 radical (unpaired) electrons. The third-order valence-corrected chi connectivity index (χ3v) is 4.28. The highest BCUT2D eigenvalue weighted by Crippen LogP contribution is 2.05. The standard InChI is InChI=1S/C20H22N6O3/c1-2-17(22-20(28)29-14-15-8-4-3-5-9-15)18(27)13-26-19(23-24-25-26)12-16-10-6-7-11-21-16/h3-11,17H,2,12-14H2,1H3,(H,22,28). The second-order valence-corrected chi connectivity index (χ2v) is 6.38. The number of pyridine rings is 1. The molecule has 150 valence electrons. The van der Waals surface area contributed by atoms with Crippen molar-refractivity contribution < 1.29 is 14.3 Å². The SMILES string of the molecule is CCC(NC(=O)OCc1ccccc1)C(=O)Cn1nnnc1Cc1ccccn1. The Balaban J connectivity index is 1.55. The molecule has 0 saturated heterocycles. The molecule has 0 spiro atoms. The van der Waals surface area contributed by atoms with Gasteiger partial charge >= 0.3 is 6.09 Å². The summed E-state index contributed by atoms with van der Waals surface area (Å²) in [5, 5.41) is 14.1. The fourth-order valence-electron chi connectivity index (χ4n) is 2.71. The maximum absolute atomic E-state index is 12.7. The molecule has 0 fully saturated rings. The summed E-state index contributed by atoms with van der Waals surface area (Å²) in [5.41, 5.74) is 1.67. The molecule has 2 aromatic heterocycles. The van der Waals surface area contributed by atoms with E-state index in [0.717, 1.165) is 11.3 Å². The van der Waals surface area contributed by atoms with Gasteiger partial charge < -0.3 is 10.1 Å². The van der Waals surface area contributed by atoms with E-state index in [9.17, 15) is 9.59 Å². The highest BCUT2D eigenvalue weighted by molar-refractivity contribution is 5.87. The van der Waals surface area contributed by atoms with Gasteiger partial charge in [-0.25, -0.2) is 9.48 Å². The van der Waals surface area contributed by atoms with Crippen LogP contribution < -0.4 is 5.32 Å². The summed E-state index contributed by atoms with van der Waals surface area (Å²) in [7, 11) is 0. The Bertz CT molecular complexity index is 930. The average molecular weight is 394 g/mol. The molecule has 1 unspecified atom stereocenters. The highest BCUT2D eigenvalue weighted by atomic mass is 16.5. The molecule has 9 heteroatoms. The quantitative estimate of drug-likeness (QED) is 0.590. The van der Waals surface area contributed by atoms with Crippen LogP contribution in [0.1, 0.15) is 30.4 Å². The van der Waals surface area contributed by atoms with E-state index in [4.69, 9.17) is 4.74 Å². The summed E-state index contributed by atoms with van der Waals surface area (Å²) < 4.78 is 6.62. The molecule has 1 N–H and O–H groups in total. The number of aromatic nitrogens is 5. The summed E-state index contributed by atoms with van der Waals surface area (Å²) in [6, 6.07) is 14.2. The lowest BCUT2D eigenvalue weighted by molar-refractivity contribution is -0.121. The molecule has 3 rings (SSSR count). The molecule has 29 heavy (non-hydrogen) atoms. The minimum atomic E-state index is -0.690. The number of hydrogen-bond acceptors (Lipinski definition) is 7. The Kier molecular flexibility index (Phi) is 6.99. The van der Waals surface area contributed by atoms with Gasteiger partial charge in [0.15, 0.2) is 11.6 Å². The zero-order chi connectivity index (χ0) is 20.5. The first-order valence-electron chi connectivity index (χ1n) is 9.30. The number of tetrazole rings is 1. The van der Waals surface area contributed by atoms with Crippen LogP contribution in [-0.4, -0.2) is 43.1 Å². The molecule has 2 heterocycles. The smallest absolute Gasteiger partial charge is 0.408 e. The van der Waals surface area contributed by atoms with Gasteiger partial charge in [-0.3, -0.25) is 9.78 Å². The molecule has 1 aromatic carbocycles. The number of amides is 1. The predicted octanol–water partition coefficient (Wildman–Crippen LogP) is 1.93. The van der Waals surface area contributed by atoms with E-state index in [2.05, 4.69) is 25.8 Å². The van der Waals surface area contributed by atoms with Gasteiger partial charge in [0.2, 0.25) is 0 Å². The van der Waals surface area contributed by atoms with Crippen LogP contribution >= 0.6 is 0 Å². The third kappa shape index (κ3) is 5.93. The van der Waals surface area contributed by atoms with Gasteiger partial charge in [0.05, 0.1) is 12.5 Å². The van der Waals surface area contributed by atoms with Crippen molar-refractivity contribution in [2.45, 2.75) is 39.0 Å². The fourth-order valence-corrected chi connectivity index (χ4v) is 2.71. The minimum absolute atomic E-state index is 0.0490. The van der Waals surface area contributed by atoms with Gasteiger partial charge in [0, 0.05) is 11.9 Å². The Morgan fingerprint density at radius 2 is 1.93 bits per heavy atom. The molecule has 0 bridgehead atoms. The van der Waals surface area contributed by atoms with Crippen LogP contribution in [0.25, 0.3) is 0 Å². The van der Waals surface area contributed by atoms with Crippen molar-refractivity contribution in [3.8, 4) is 0 Å². The molecular weight excluding hydrogens is 372 g/mol. The van der Waals surface area contributed by atoms with E-state index in [1.807, 2.05) is 55.5 Å². The van der Waals surface area contributed by atoms with Gasteiger partial charge in [-0.2, -0.15) is 0 Å². The fraction of sp³-hybridized carbons (Fsp3) is 0.300. The molecular formula is C20H22N6O3. The molecule has 3 aromatic rings. The van der Waals surface area contributed by atoms with Gasteiger partial charge in [-0.1, -0.05) is 43.3 Å². The largest absolute Gasteiger partial charge is 0.445 e. The first-order valence-corrected chi connectivity index (χ1v) is 9.30. The van der Waals surface area contributed by atoms with Gasteiger partial charge in [0.25, 0.3) is 0 Å². The highest BCUT2D eigenvalue weighted by Gasteiger charge is 2.22. The number of alkyl carbamates (subject to hydrolysis) is 1. The van der Waals surface area contributed by atoms with E-state index in [0.29, 0.717) is 18.7 Å². The number of nitrogens with one attached hydrogen (secondary N) is 1. The van der Waals surface area contributed by atoms with E-state index in [1.54, 1.807) is 6.20 Å². The van der Waals surface area contributed by atoms with E-state index < -0.39 is 12.1 Å². The van der Waals surface area contributed by atoms with Crippen LogP contribution in [0.4, 0.5) is 4.79 Å². The van der Waals surface area contributed by atoms with Crippen molar-refractivity contribution in [2.75, 3.05) is 0 Å². The molecule has 0 saturated carbocycles. The first-order chi connectivity index (χ1) is 14.2. The van der Waals surface area contributed by atoms with Gasteiger partial charge in [-0.05, 0) is 34.5 Å². The number of benzene rings is 1. The Morgan fingerprint density at radius 1 is 1.14 bits per heavy atom. The minimum Gasteiger partial charge on any atom is -0.445 e. The van der Waals surface area contributed by atoms with E-state index in [-0.39, 0.29) is 18.9 Å². The Hall–Kier alpha value is -3.62. The van der Waals surface area contributed by atoms with E-state index in [1.165, 1.54) is 4.68 Å². The van der Waals surface area contributed by atoms with Crippen LogP contribution in [0.5, 0.6) is 0 Å². The van der Waals surface area contributed by atoms with Gasteiger partial charge in [-0.15, -0.1) is 5.10 Å². The van der Waals surface area contributed by atoms with Crippen molar-refractivity contribution in [1.29, 1.82) is 0 Å². The average Bonchev–Trinajstić information content (AvgIpc) is 3.18. The molecule has 0 aliphatic heterocycles. The van der Waals surface area contributed by atoms with Crippen LogP contribution in [0.3, 0.4) is 0 Å². The normalized spacial score (nSPS) is 11.6. The summed E-state index contributed by atoms with van der Waals surface area (Å²) in [6.45, 7) is 1.90. The third-order valence-electron chi connectivity index (χ3n) is 4.28. The Morgan fingerprint density at radius 3 is 2.66 bits per heavy atom. The van der Waals surface area contributed by atoms with E-state index >= 15 is 0 Å². The van der Waals surface area contributed by atoms with Crippen LogP contribution in [0.2, 0.25) is 0 Å². The maximum Gasteiger partial charge on any atom is 0.408 e. The van der Waals surface area contributed by atoms with Crippen LogP contribution in [0, 0.1) is 0 Å². The lowest BCUT2D eigenvalue weighted by Gasteiger charge is -2.16. The van der Waals surface area contributed by atoms with Crippen molar-refractivity contribution in [1.82, 2.24) is 30.5 Å². The summed E-state index contributed by atoms with van der Waals surface area (Å²) >= 11 is 0. The topological polar surface area (TPSA) is 112 Å². The maximum atomic E-state index is 12.7. The van der Waals surface area contributed by atoms with Crippen molar-refractivity contribution in [3.63, 3.8) is 0 Å². The van der Waals surface area contributed by atoms with Crippen molar-refractivity contribution in [2.24, 2.45) is 0 Å². The zero-order valence-corrected chi connectivity index (χ0v) is 16.1. The summed E-state index contributed by atoms with van der Waals surface area (Å²) in [6.07, 6.45) is 1.88. The zero-order valence-electron chi connectivity index (χ0n) is 16.1. The van der Waals surface area contributed by atoms with Crippen LogP contribution in [-0.2, 0) is 29.1 Å². The number of ketones is 1. The summed E-state index contributed by atoms with van der Waals surface area (Å²) in [5.74, 6) is 0.317. The molecule has 1 atom stereocenters. The number of rotatable bonds is 9. The Labute approximate surface area is 168 Å². The summed E-state index contributed by atoms with van der Waals surface area (Å²) in [4.78, 5) is 29.0. The molecule has 0 aliphatic carbocycles. The number of carbonyl (C=O) groups excluding carboxylic acids is 2. The molecule has 9 nitrogen and oxygen atoms in total. The number of hydrogen-bond donors (Lipinski definition) is 1. The molecule has 1 amide bonds. The monoisotopic (exact) mass is 394 g/mol. The first kappa shape index (κ1) is 20.1. The second kappa shape index (κ2) is 10.1. The van der Waals surface area contributed by atoms with Crippen molar-refractivity contribution >= 4 is 11.9 Å². The number of nitrogens with zero attached hydrogens (tertiary/aromatic N) is 5. The van der Waals surface area contributed by atoms with Gasteiger partial charge in [0.1, 0.15) is 13.2 Å².